The summed E-state index contributed by atoms with van der Waals surface area (Å²) in [5.41, 5.74) is 9.67. The SMILES string of the molecule is N=C/C(=C\N)c1cccc(C(=O)NCc2cccc(C(=O)Nc3nc4c(s3)CCCC4)c2)c1. The van der Waals surface area contributed by atoms with Crippen molar-refractivity contribution in [3.05, 3.63) is 87.6 Å². The molecule has 8 heteroatoms. The van der Waals surface area contributed by atoms with Crippen LogP contribution in [0.2, 0.25) is 0 Å². The highest BCUT2D eigenvalue weighted by molar-refractivity contribution is 7.15. The van der Waals surface area contributed by atoms with E-state index in [2.05, 4.69) is 15.6 Å². The van der Waals surface area contributed by atoms with E-state index in [0.717, 1.165) is 36.7 Å². The Labute approximate surface area is 196 Å². The lowest BCUT2D eigenvalue weighted by molar-refractivity contribution is 0.0950. The zero-order valence-corrected chi connectivity index (χ0v) is 18.9. The second-order valence-electron chi connectivity index (χ2n) is 7.78. The normalized spacial score (nSPS) is 13.2. The first-order chi connectivity index (χ1) is 16.1. The molecule has 0 aliphatic heterocycles. The number of hydrogen-bond donors (Lipinski definition) is 4. The van der Waals surface area contributed by atoms with Gasteiger partial charge in [0.15, 0.2) is 5.13 Å². The first kappa shape index (κ1) is 22.4. The number of nitrogens with zero attached hydrogens (tertiary/aromatic N) is 1. The highest BCUT2D eigenvalue weighted by atomic mass is 32.1. The van der Waals surface area contributed by atoms with E-state index in [4.69, 9.17) is 11.1 Å². The molecule has 168 valence electrons. The van der Waals surface area contributed by atoms with Gasteiger partial charge in [0.05, 0.1) is 5.69 Å². The fourth-order valence-electron chi connectivity index (χ4n) is 3.75. The molecule has 0 unspecified atom stereocenters. The molecule has 2 aromatic carbocycles. The Balaban J connectivity index is 1.39. The molecule has 0 fully saturated rings. The lowest BCUT2D eigenvalue weighted by atomic mass is 10.0. The standard InChI is InChI=1S/C25H25N5O2S/c26-13-20(14-27)17-6-4-8-19(12-17)23(31)28-15-16-5-3-7-18(11-16)24(32)30-25-29-21-9-1-2-10-22(21)33-25/h3-8,11-14,26H,1-2,9-10,15,27H2,(H,28,31)(H,29,30,32)/b20-14+,26-13?. The zero-order chi connectivity index (χ0) is 23.2. The summed E-state index contributed by atoms with van der Waals surface area (Å²) in [5.74, 6) is -0.462. The molecular weight excluding hydrogens is 434 g/mol. The Morgan fingerprint density at radius 3 is 2.52 bits per heavy atom. The van der Waals surface area contributed by atoms with Crippen LogP contribution >= 0.6 is 11.3 Å². The van der Waals surface area contributed by atoms with Gasteiger partial charge in [-0.1, -0.05) is 24.3 Å². The van der Waals surface area contributed by atoms with Crippen LogP contribution in [0.25, 0.3) is 5.57 Å². The highest BCUT2D eigenvalue weighted by Crippen LogP contribution is 2.29. The van der Waals surface area contributed by atoms with Gasteiger partial charge in [-0.3, -0.25) is 14.9 Å². The number of benzene rings is 2. The molecule has 1 aliphatic rings. The van der Waals surface area contributed by atoms with E-state index in [1.54, 1.807) is 53.8 Å². The van der Waals surface area contributed by atoms with Crippen LogP contribution in [-0.2, 0) is 19.4 Å². The Bertz CT molecular complexity index is 1210. The van der Waals surface area contributed by atoms with Crippen molar-refractivity contribution >= 4 is 40.1 Å². The molecule has 33 heavy (non-hydrogen) atoms. The third-order valence-electron chi connectivity index (χ3n) is 5.50. The third-order valence-corrected chi connectivity index (χ3v) is 6.57. The van der Waals surface area contributed by atoms with E-state index in [-0.39, 0.29) is 18.4 Å². The summed E-state index contributed by atoms with van der Waals surface area (Å²) in [7, 11) is 0. The van der Waals surface area contributed by atoms with Gasteiger partial charge in [-0.05, 0) is 61.1 Å². The molecule has 0 radical (unpaired) electrons. The number of fused-ring (bicyclic) bond motifs is 1. The molecule has 1 aromatic heterocycles. The van der Waals surface area contributed by atoms with Gasteiger partial charge in [0.25, 0.3) is 11.8 Å². The second-order valence-corrected chi connectivity index (χ2v) is 8.86. The molecule has 0 spiro atoms. The Hall–Kier alpha value is -3.78. The number of allylic oxidation sites excluding steroid dienone is 1. The number of amides is 2. The lowest BCUT2D eigenvalue weighted by Crippen LogP contribution is -2.23. The van der Waals surface area contributed by atoms with Gasteiger partial charge >= 0.3 is 0 Å². The smallest absolute Gasteiger partial charge is 0.257 e. The minimum atomic E-state index is -0.249. The molecule has 3 aromatic rings. The number of thiazole rings is 1. The van der Waals surface area contributed by atoms with Crippen LogP contribution in [-0.4, -0.2) is 23.0 Å². The Morgan fingerprint density at radius 2 is 1.76 bits per heavy atom. The molecule has 0 atom stereocenters. The van der Waals surface area contributed by atoms with Gasteiger partial charge in [0.2, 0.25) is 0 Å². The van der Waals surface area contributed by atoms with E-state index >= 15 is 0 Å². The first-order valence-electron chi connectivity index (χ1n) is 10.8. The van der Waals surface area contributed by atoms with Crippen molar-refractivity contribution in [3.8, 4) is 0 Å². The minimum Gasteiger partial charge on any atom is -0.404 e. The van der Waals surface area contributed by atoms with Crippen molar-refractivity contribution in [3.63, 3.8) is 0 Å². The van der Waals surface area contributed by atoms with Gasteiger partial charge in [0, 0.05) is 40.5 Å². The number of hydrogen-bond acceptors (Lipinski definition) is 6. The molecule has 1 aliphatic carbocycles. The summed E-state index contributed by atoms with van der Waals surface area (Å²) in [6.07, 6.45) is 6.82. The van der Waals surface area contributed by atoms with Gasteiger partial charge in [0.1, 0.15) is 0 Å². The molecule has 7 nitrogen and oxygen atoms in total. The maximum absolute atomic E-state index is 12.7. The fraction of sp³-hybridized carbons (Fsp3) is 0.200. The van der Waals surface area contributed by atoms with E-state index in [1.165, 1.54) is 17.5 Å². The quantitative estimate of drug-likeness (QED) is 0.397. The number of nitrogens with two attached hydrogens (primary N) is 1. The summed E-state index contributed by atoms with van der Waals surface area (Å²) in [6.45, 7) is 0.278. The summed E-state index contributed by atoms with van der Waals surface area (Å²) >= 11 is 1.55. The van der Waals surface area contributed by atoms with E-state index in [0.29, 0.717) is 27.4 Å². The van der Waals surface area contributed by atoms with Crippen LogP contribution in [0.15, 0.2) is 54.7 Å². The van der Waals surface area contributed by atoms with Gasteiger partial charge in [-0.25, -0.2) is 4.98 Å². The van der Waals surface area contributed by atoms with Crippen LogP contribution in [0.5, 0.6) is 0 Å². The number of aromatic nitrogens is 1. The van der Waals surface area contributed by atoms with Crippen LogP contribution in [0, 0.1) is 5.41 Å². The van der Waals surface area contributed by atoms with Crippen LogP contribution in [0.4, 0.5) is 5.13 Å². The van der Waals surface area contributed by atoms with Crippen molar-refractivity contribution in [2.45, 2.75) is 32.2 Å². The first-order valence-corrected chi connectivity index (χ1v) is 11.6. The van der Waals surface area contributed by atoms with E-state index in [9.17, 15) is 9.59 Å². The topological polar surface area (TPSA) is 121 Å². The summed E-state index contributed by atoms with van der Waals surface area (Å²) in [6, 6.07) is 14.1. The Morgan fingerprint density at radius 1 is 1.03 bits per heavy atom. The summed E-state index contributed by atoms with van der Waals surface area (Å²) in [4.78, 5) is 31.2. The Kier molecular flexibility index (Phi) is 6.95. The second kappa shape index (κ2) is 10.2. The lowest BCUT2D eigenvalue weighted by Gasteiger charge is -2.09. The molecule has 2 amide bonds. The molecule has 4 rings (SSSR count). The number of carbonyl (C=O) groups is 2. The summed E-state index contributed by atoms with van der Waals surface area (Å²) < 4.78 is 0. The average Bonchev–Trinajstić information content (AvgIpc) is 3.26. The molecule has 0 bridgehead atoms. The minimum absolute atomic E-state index is 0.213. The maximum atomic E-state index is 12.7. The van der Waals surface area contributed by atoms with Crippen LogP contribution < -0.4 is 16.4 Å². The highest BCUT2D eigenvalue weighted by Gasteiger charge is 2.17. The van der Waals surface area contributed by atoms with Gasteiger partial charge in [-0.15, -0.1) is 11.3 Å². The van der Waals surface area contributed by atoms with Crippen LogP contribution in [0.1, 0.15) is 55.3 Å². The number of carbonyl (C=O) groups excluding carboxylic acids is 2. The average molecular weight is 460 g/mol. The largest absolute Gasteiger partial charge is 0.404 e. The van der Waals surface area contributed by atoms with Crippen molar-refractivity contribution < 1.29 is 9.59 Å². The fourth-order valence-corrected chi connectivity index (χ4v) is 4.79. The van der Waals surface area contributed by atoms with E-state index in [1.807, 2.05) is 6.07 Å². The van der Waals surface area contributed by atoms with Crippen molar-refractivity contribution in [1.29, 1.82) is 5.41 Å². The third kappa shape index (κ3) is 5.35. The van der Waals surface area contributed by atoms with Crippen molar-refractivity contribution in [2.75, 3.05) is 5.32 Å². The molecule has 1 heterocycles. The monoisotopic (exact) mass is 459 g/mol. The van der Waals surface area contributed by atoms with Gasteiger partial charge in [-0.2, -0.15) is 0 Å². The maximum Gasteiger partial charge on any atom is 0.257 e. The summed E-state index contributed by atoms with van der Waals surface area (Å²) in [5, 5.41) is 13.8. The number of anilines is 1. The van der Waals surface area contributed by atoms with Crippen molar-refractivity contribution in [1.82, 2.24) is 10.3 Å². The molecular formula is C25H25N5O2S. The van der Waals surface area contributed by atoms with E-state index < -0.39 is 0 Å². The zero-order valence-electron chi connectivity index (χ0n) is 18.1. The molecule has 0 saturated heterocycles. The molecule has 0 saturated carbocycles. The van der Waals surface area contributed by atoms with Gasteiger partial charge < -0.3 is 16.5 Å². The number of aryl methyl sites for hydroxylation is 2. The van der Waals surface area contributed by atoms with Crippen molar-refractivity contribution in [2.24, 2.45) is 5.73 Å². The molecule has 5 N–H and O–H groups in total. The number of nitrogens with one attached hydrogen (secondary N) is 3. The predicted octanol–water partition coefficient (Wildman–Crippen LogP) is 4.15. The number of rotatable bonds is 7. The predicted molar refractivity (Wildman–Crippen MR) is 132 cm³/mol. The van der Waals surface area contributed by atoms with Crippen LogP contribution in [0.3, 0.4) is 0 Å².